The lowest BCUT2D eigenvalue weighted by Gasteiger charge is -2.19. The van der Waals surface area contributed by atoms with Gasteiger partial charge in [-0.05, 0) is 42.0 Å². The van der Waals surface area contributed by atoms with Crippen LogP contribution in [0, 0.1) is 5.82 Å². The molecule has 0 aromatic heterocycles. The van der Waals surface area contributed by atoms with Crippen molar-refractivity contribution in [3.05, 3.63) is 59.9 Å². The molecule has 2 aromatic carbocycles. The number of hydrogen-bond donors (Lipinski definition) is 2. The van der Waals surface area contributed by atoms with Gasteiger partial charge in [-0.3, -0.25) is 4.79 Å². The summed E-state index contributed by atoms with van der Waals surface area (Å²) in [5.74, 6) is -0.494. The van der Waals surface area contributed by atoms with Crippen LogP contribution in [0.5, 0.6) is 0 Å². The molecule has 0 bridgehead atoms. The van der Waals surface area contributed by atoms with E-state index in [2.05, 4.69) is 5.32 Å². The highest BCUT2D eigenvalue weighted by atomic mass is 19.1. The minimum atomic E-state index is -0.330. The molecule has 3 N–H and O–H groups in total. The summed E-state index contributed by atoms with van der Waals surface area (Å²) < 4.78 is 12.8. The van der Waals surface area contributed by atoms with Crippen LogP contribution in [0.15, 0.2) is 48.5 Å². The Morgan fingerprint density at radius 1 is 1.24 bits per heavy atom. The molecule has 4 nitrogen and oxygen atoms in total. The van der Waals surface area contributed by atoms with Crippen molar-refractivity contribution in [3.8, 4) is 0 Å². The number of amides is 1. The van der Waals surface area contributed by atoms with E-state index in [1.165, 1.54) is 24.3 Å². The van der Waals surface area contributed by atoms with Gasteiger partial charge in [0.15, 0.2) is 0 Å². The molecule has 21 heavy (non-hydrogen) atoms. The van der Waals surface area contributed by atoms with Crippen LogP contribution in [0.1, 0.15) is 5.56 Å². The second kappa shape index (κ2) is 6.85. The fourth-order valence-electron chi connectivity index (χ4n) is 1.96. The van der Waals surface area contributed by atoms with E-state index < -0.39 is 0 Å². The molecule has 0 aliphatic rings. The number of carbonyl (C=O) groups is 1. The topological polar surface area (TPSA) is 58.4 Å². The van der Waals surface area contributed by atoms with E-state index in [-0.39, 0.29) is 18.3 Å². The quantitative estimate of drug-likeness (QED) is 0.887. The number of likely N-dealkylation sites (N-methyl/N-ethyl adjacent to an activating group) is 1. The van der Waals surface area contributed by atoms with Gasteiger partial charge in [0.25, 0.3) is 0 Å². The third-order valence-electron chi connectivity index (χ3n) is 3.10. The SMILES string of the molecule is CN(CC(=O)Nc1ccc(F)cc1)c1cccc(CN)c1. The predicted molar refractivity (Wildman–Crippen MR) is 82.6 cm³/mol. The molecule has 0 aliphatic carbocycles. The van der Waals surface area contributed by atoms with Crippen LogP contribution >= 0.6 is 0 Å². The van der Waals surface area contributed by atoms with Gasteiger partial charge in [0.1, 0.15) is 5.82 Å². The number of nitrogens with two attached hydrogens (primary N) is 1. The molecule has 2 aromatic rings. The first kappa shape index (κ1) is 15.0. The average molecular weight is 287 g/mol. The molecule has 5 heteroatoms. The average Bonchev–Trinajstić information content (AvgIpc) is 2.49. The first-order valence-corrected chi connectivity index (χ1v) is 6.64. The summed E-state index contributed by atoms with van der Waals surface area (Å²) in [6.07, 6.45) is 0. The Morgan fingerprint density at radius 2 is 1.95 bits per heavy atom. The Hall–Kier alpha value is -2.40. The zero-order valence-electron chi connectivity index (χ0n) is 11.8. The molecular weight excluding hydrogens is 269 g/mol. The summed E-state index contributed by atoms with van der Waals surface area (Å²) in [4.78, 5) is 13.8. The van der Waals surface area contributed by atoms with Crippen molar-refractivity contribution in [2.45, 2.75) is 6.54 Å². The van der Waals surface area contributed by atoms with Crippen molar-refractivity contribution in [3.63, 3.8) is 0 Å². The van der Waals surface area contributed by atoms with Crippen molar-refractivity contribution in [1.29, 1.82) is 0 Å². The number of carbonyl (C=O) groups excluding carboxylic acids is 1. The maximum Gasteiger partial charge on any atom is 0.243 e. The third kappa shape index (κ3) is 4.29. The molecule has 1 amide bonds. The zero-order valence-corrected chi connectivity index (χ0v) is 11.8. The number of benzene rings is 2. The Balaban J connectivity index is 1.96. The molecule has 0 unspecified atom stereocenters. The lowest BCUT2D eigenvalue weighted by molar-refractivity contribution is -0.114. The van der Waals surface area contributed by atoms with Gasteiger partial charge >= 0.3 is 0 Å². The standard InChI is InChI=1S/C16H18FN3O/c1-20(15-4-2-3-12(9-15)10-18)11-16(21)19-14-7-5-13(17)6-8-14/h2-9H,10-11,18H2,1H3,(H,19,21). The Bertz CT molecular complexity index is 613. The molecule has 0 atom stereocenters. The van der Waals surface area contributed by atoms with Crippen LogP contribution < -0.4 is 16.0 Å². The first-order chi connectivity index (χ1) is 10.1. The number of nitrogens with one attached hydrogen (secondary N) is 1. The van der Waals surface area contributed by atoms with Crippen LogP contribution in [-0.4, -0.2) is 19.5 Å². The maximum absolute atomic E-state index is 12.8. The van der Waals surface area contributed by atoms with Crippen LogP contribution in [0.2, 0.25) is 0 Å². The van der Waals surface area contributed by atoms with Gasteiger partial charge in [0.05, 0.1) is 6.54 Å². The molecule has 0 saturated carbocycles. The van der Waals surface area contributed by atoms with Gasteiger partial charge in [-0.25, -0.2) is 4.39 Å². The number of halogens is 1. The van der Waals surface area contributed by atoms with Gasteiger partial charge in [-0.1, -0.05) is 12.1 Å². The van der Waals surface area contributed by atoms with Crippen LogP contribution in [0.3, 0.4) is 0 Å². The minimum absolute atomic E-state index is 0.165. The number of anilines is 2. The van der Waals surface area contributed by atoms with E-state index in [4.69, 9.17) is 5.73 Å². The van der Waals surface area contributed by atoms with Gasteiger partial charge in [-0.15, -0.1) is 0 Å². The first-order valence-electron chi connectivity index (χ1n) is 6.64. The number of rotatable bonds is 5. The summed E-state index contributed by atoms with van der Waals surface area (Å²) in [5.41, 5.74) is 8.12. The summed E-state index contributed by atoms with van der Waals surface area (Å²) in [6.45, 7) is 0.662. The fourth-order valence-corrected chi connectivity index (χ4v) is 1.96. The Labute approximate surface area is 123 Å². The van der Waals surface area contributed by atoms with Gasteiger partial charge < -0.3 is 16.0 Å². The lowest BCUT2D eigenvalue weighted by Crippen LogP contribution is -2.30. The summed E-state index contributed by atoms with van der Waals surface area (Å²) >= 11 is 0. The fraction of sp³-hybridized carbons (Fsp3) is 0.188. The molecule has 0 fully saturated rings. The molecule has 0 radical (unpaired) electrons. The summed E-state index contributed by atoms with van der Waals surface area (Å²) in [6, 6.07) is 13.4. The van der Waals surface area contributed by atoms with Gasteiger partial charge in [0.2, 0.25) is 5.91 Å². The highest BCUT2D eigenvalue weighted by Crippen LogP contribution is 2.15. The van der Waals surface area contributed by atoms with E-state index in [0.29, 0.717) is 12.2 Å². The molecular formula is C16H18FN3O. The van der Waals surface area contributed by atoms with E-state index in [0.717, 1.165) is 11.3 Å². The van der Waals surface area contributed by atoms with Crippen molar-refractivity contribution < 1.29 is 9.18 Å². The Kier molecular flexibility index (Phi) is 4.90. The van der Waals surface area contributed by atoms with Gasteiger partial charge in [0, 0.05) is 25.0 Å². The molecule has 0 saturated heterocycles. The van der Waals surface area contributed by atoms with Crippen molar-refractivity contribution >= 4 is 17.3 Å². The lowest BCUT2D eigenvalue weighted by atomic mass is 10.2. The van der Waals surface area contributed by atoms with Crippen LogP contribution in [-0.2, 0) is 11.3 Å². The number of nitrogens with zero attached hydrogens (tertiary/aromatic N) is 1. The smallest absolute Gasteiger partial charge is 0.243 e. The van der Waals surface area contributed by atoms with E-state index in [9.17, 15) is 9.18 Å². The zero-order chi connectivity index (χ0) is 15.2. The monoisotopic (exact) mass is 287 g/mol. The third-order valence-corrected chi connectivity index (χ3v) is 3.10. The highest BCUT2D eigenvalue weighted by Gasteiger charge is 2.08. The summed E-state index contributed by atoms with van der Waals surface area (Å²) in [5, 5.41) is 2.73. The molecule has 2 rings (SSSR count). The van der Waals surface area contributed by atoms with Crippen LogP contribution in [0.25, 0.3) is 0 Å². The normalized spacial score (nSPS) is 10.2. The largest absolute Gasteiger partial charge is 0.365 e. The van der Waals surface area contributed by atoms with Crippen molar-refractivity contribution in [2.75, 3.05) is 23.8 Å². The molecule has 0 heterocycles. The summed E-state index contributed by atoms with van der Waals surface area (Å²) in [7, 11) is 1.83. The van der Waals surface area contributed by atoms with Gasteiger partial charge in [-0.2, -0.15) is 0 Å². The van der Waals surface area contributed by atoms with E-state index in [1.807, 2.05) is 36.2 Å². The van der Waals surface area contributed by atoms with Crippen LogP contribution in [0.4, 0.5) is 15.8 Å². The predicted octanol–water partition coefficient (Wildman–Crippen LogP) is 2.36. The van der Waals surface area contributed by atoms with Crippen molar-refractivity contribution in [2.24, 2.45) is 5.73 Å². The second-order valence-electron chi connectivity index (χ2n) is 4.79. The van der Waals surface area contributed by atoms with E-state index >= 15 is 0 Å². The minimum Gasteiger partial charge on any atom is -0.365 e. The molecule has 0 aliphatic heterocycles. The second-order valence-corrected chi connectivity index (χ2v) is 4.79. The Morgan fingerprint density at radius 3 is 2.62 bits per heavy atom. The molecule has 0 spiro atoms. The van der Waals surface area contributed by atoms with E-state index in [1.54, 1.807) is 0 Å². The van der Waals surface area contributed by atoms with Crippen molar-refractivity contribution in [1.82, 2.24) is 0 Å². The number of hydrogen-bond acceptors (Lipinski definition) is 3. The maximum atomic E-state index is 12.8. The highest BCUT2D eigenvalue weighted by molar-refractivity contribution is 5.94. The molecule has 110 valence electrons.